The summed E-state index contributed by atoms with van der Waals surface area (Å²) in [5.41, 5.74) is 16.1. The third kappa shape index (κ3) is 12.0. The van der Waals surface area contributed by atoms with Crippen molar-refractivity contribution < 1.29 is 24.3 Å². The van der Waals surface area contributed by atoms with Crippen molar-refractivity contribution in [2.45, 2.75) is 64.2 Å². The number of thiol groups is 1. The minimum absolute atomic E-state index is 0.0357. The van der Waals surface area contributed by atoms with Crippen LogP contribution in [0, 0.1) is 5.92 Å². The van der Waals surface area contributed by atoms with Crippen LogP contribution in [0.5, 0.6) is 0 Å². The number of guanidine groups is 1. The van der Waals surface area contributed by atoms with Gasteiger partial charge in [0.15, 0.2) is 5.96 Å². The van der Waals surface area contributed by atoms with Gasteiger partial charge in [0.1, 0.15) is 18.1 Å². The minimum Gasteiger partial charge on any atom is -0.480 e. The zero-order valence-corrected chi connectivity index (χ0v) is 19.0. The number of amides is 3. The number of rotatable bonds is 14. The van der Waals surface area contributed by atoms with E-state index in [2.05, 4.69) is 33.6 Å². The summed E-state index contributed by atoms with van der Waals surface area (Å²) in [6, 6.07) is -4.03. The van der Waals surface area contributed by atoms with E-state index in [1.54, 1.807) is 0 Å². The number of carboxylic acid groups (broad SMARTS) is 1. The molecule has 0 radical (unpaired) electrons. The molecular weight excluding hydrogens is 426 g/mol. The van der Waals surface area contributed by atoms with Gasteiger partial charge in [0, 0.05) is 12.3 Å². The van der Waals surface area contributed by atoms with Crippen LogP contribution < -0.4 is 33.2 Å². The van der Waals surface area contributed by atoms with Crippen LogP contribution >= 0.6 is 12.6 Å². The van der Waals surface area contributed by atoms with Crippen molar-refractivity contribution in [1.82, 2.24) is 16.0 Å². The average molecular weight is 462 g/mol. The molecule has 3 amide bonds. The molecule has 4 atom stereocenters. The number of carbonyl (C=O) groups excluding carboxylic acids is 3. The highest BCUT2D eigenvalue weighted by atomic mass is 32.1. The highest BCUT2D eigenvalue weighted by molar-refractivity contribution is 7.80. The summed E-state index contributed by atoms with van der Waals surface area (Å²) in [5.74, 6) is -3.17. The van der Waals surface area contributed by atoms with Gasteiger partial charge in [-0.1, -0.05) is 13.8 Å². The number of hydrogen-bond donors (Lipinski definition) is 8. The monoisotopic (exact) mass is 461 g/mol. The van der Waals surface area contributed by atoms with Crippen molar-refractivity contribution in [2.75, 3.05) is 12.3 Å². The van der Waals surface area contributed by atoms with E-state index in [0.717, 1.165) is 0 Å². The maximum atomic E-state index is 12.7. The Labute approximate surface area is 187 Å². The molecule has 0 aromatic heterocycles. The molecule has 10 N–H and O–H groups in total. The number of aliphatic carboxylic acids is 1. The summed E-state index contributed by atoms with van der Waals surface area (Å²) in [5, 5.41) is 16.7. The maximum Gasteiger partial charge on any atom is 0.326 e. The molecule has 0 fully saturated rings. The Hall–Kier alpha value is -2.54. The van der Waals surface area contributed by atoms with Gasteiger partial charge in [-0.3, -0.25) is 19.4 Å². The van der Waals surface area contributed by atoms with Gasteiger partial charge < -0.3 is 38.3 Å². The quantitative estimate of drug-likeness (QED) is 0.0619. The standard InChI is InChI=1S/C18H35N7O5S/c1-9(2)7-12(17(29)30)24-16(28)13(8-31)25-15(27)11(23-14(26)10(3)19)5-4-6-22-18(20)21/h9-13,31H,4-8,19H2,1-3H3,(H,23,26)(H,24,28)(H,25,27)(H,29,30)(H4,20,21,22). The predicted octanol–water partition coefficient (Wildman–Crippen LogP) is -2.10. The molecule has 0 aliphatic carbocycles. The van der Waals surface area contributed by atoms with Gasteiger partial charge in [-0.2, -0.15) is 12.6 Å². The van der Waals surface area contributed by atoms with Crippen LogP contribution in [0.3, 0.4) is 0 Å². The van der Waals surface area contributed by atoms with Crippen molar-refractivity contribution in [3.05, 3.63) is 0 Å². The highest BCUT2D eigenvalue weighted by Crippen LogP contribution is 2.06. The van der Waals surface area contributed by atoms with Crippen molar-refractivity contribution in [3.63, 3.8) is 0 Å². The van der Waals surface area contributed by atoms with E-state index in [1.807, 2.05) is 13.8 Å². The summed E-state index contributed by atoms with van der Waals surface area (Å²) in [4.78, 5) is 52.4. The molecule has 0 saturated heterocycles. The first-order valence-corrected chi connectivity index (χ1v) is 10.6. The average Bonchev–Trinajstić information content (AvgIpc) is 2.66. The van der Waals surface area contributed by atoms with Crippen LogP contribution in [0.15, 0.2) is 4.99 Å². The summed E-state index contributed by atoms with van der Waals surface area (Å²) < 4.78 is 0. The normalized spacial score (nSPS) is 14.6. The first-order chi connectivity index (χ1) is 14.4. The fraction of sp³-hybridized carbons (Fsp3) is 0.722. The fourth-order valence-corrected chi connectivity index (χ4v) is 2.76. The molecule has 13 heteroatoms. The molecule has 178 valence electrons. The van der Waals surface area contributed by atoms with E-state index in [4.69, 9.17) is 17.2 Å². The molecule has 0 aliphatic heterocycles. The van der Waals surface area contributed by atoms with E-state index in [0.29, 0.717) is 6.42 Å². The number of carboxylic acids is 1. The molecule has 0 aliphatic rings. The molecule has 4 unspecified atom stereocenters. The lowest BCUT2D eigenvalue weighted by Crippen LogP contribution is -2.57. The zero-order valence-electron chi connectivity index (χ0n) is 18.1. The molecule has 31 heavy (non-hydrogen) atoms. The van der Waals surface area contributed by atoms with Crippen molar-refractivity contribution in [3.8, 4) is 0 Å². The van der Waals surface area contributed by atoms with E-state index >= 15 is 0 Å². The first-order valence-electron chi connectivity index (χ1n) is 9.94. The van der Waals surface area contributed by atoms with Gasteiger partial charge >= 0.3 is 5.97 Å². The summed E-state index contributed by atoms with van der Waals surface area (Å²) >= 11 is 4.08. The molecule has 0 spiro atoms. The smallest absolute Gasteiger partial charge is 0.326 e. The molecule has 0 rings (SSSR count). The Morgan fingerprint density at radius 3 is 1.90 bits per heavy atom. The first kappa shape index (κ1) is 28.5. The van der Waals surface area contributed by atoms with Gasteiger partial charge in [-0.15, -0.1) is 0 Å². The van der Waals surface area contributed by atoms with E-state index < -0.39 is 47.9 Å². The number of aliphatic imine (C=N–C) groups is 1. The third-order valence-electron chi connectivity index (χ3n) is 4.13. The van der Waals surface area contributed by atoms with Crippen LogP contribution in [0.1, 0.15) is 40.0 Å². The maximum absolute atomic E-state index is 12.7. The Morgan fingerprint density at radius 1 is 0.935 bits per heavy atom. The minimum atomic E-state index is -1.17. The molecule has 0 aromatic carbocycles. The molecule has 0 bridgehead atoms. The van der Waals surface area contributed by atoms with Gasteiger partial charge in [-0.05, 0) is 32.1 Å². The largest absolute Gasteiger partial charge is 0.480 e. The number of hydrogen-bond acceptors (Lipinski definition) is 7. The van der Waals surface area contributed by atoms with E-state index in [-0.39, 0.29) is 37.0 Å². The van der Waals surface area contributed by atoms with Crippen molar-refractivity contribution >= 4 is 42.3 Å². The van der Waals surface area contributed by atoms with Crippen molar-refractivity contribution in [2.24, 2.45) is 28.1 Å². The second-order valence-corrected chi connectivity index (χ2v) is 7.94. The number of nitrogens with zero attached hydrogens (tertiary/aromatic N) is 1. The van der Waals surface area contributed by atoms with Crippen LogP contribution in [-0.4, -0.2) is 71.2 Å². The van der Waals surface area contributed by atoms with Crippen LogP contribution in [0.25, 0.3) is 0 Å². The number of nitrogens with two attached hydrogens (primary N) is 3. The summed E-state index contributed by atoms with van der Waals surface area (Å²) in [7, 11) is 0. The lowest BCUT2D eigenvalue weighted by molar-refractivity contribution is -0.142. The molecule has 12 nitrogen and oxygen atoms in total. The van der Waals surface area contributed by atoms with Crippen molar-refractivity contribution in [1.29, 1.82) is 0 Å². The Kier molecular flexibility index (Phi) is 13.3. The summed E-state index contributed by atoms with van der Waals surface area (Å²) in [6.07, 6.45) is 0.793. The SMILES string of the molecule is CC(C)CC(NC(=O)C(CS)NC(=O)C(CCCN=C(N)N)NC(=O)C(C)N)C(=O)O. The zero-order chi connectivity index (χ0) is 24.1. The summed E-state index contributed by atoms with van der Waals surface area (Å²) in [6.45, 7) is 5.36. The molecule has 0 heterocycles. The molecular formula is C18H35N7O5S. The lowest BCUT2D eigenvalue weighted by atomic mass is 10.0. The van der Waals surface area contributed by atoms with Crippen LogP contribution in [-0.2, 0) is 19.2 Å². The van der Waals surface area contributed by atoms with E-state index in [9.17, 15) is 24.3 Å². The Bertz CT molecular complexity index is 653. The fourth-order valence-electron chi connectivity index (χ4n) is 2.51. The van der Waals surface area contributed by atoms with Gasteiger partial charge in [-0.25, -0.2) is 4.79 Å². The molecule has 0 saturated carbocycles. The highest BCUT2D eigenvalue weighted by Gasteiger charge is 2.29. The molecule has 0 aromatic rings. The second kappa shape index (κ2) is 14.5. The second-order valence-electron chi connectivity index (χ2n) is 7.57. The predicted molar refractivity (Wildman–Crippen MR) is 120 cm³/mol. The van der Waals surface area contributed by atoms with Gasteiger partial charge in [0.2, 0.25) is 17.7 Å². The van der Waals surface area contributed by atoms with Gasteiger partial charge in [0.05, 0.1) is 6.04 Å². The van der Waals surface area contributed by atoms with E-state index in [1.165, 1.54) is 6.92 Å². The number of carbonyl (C=O) groups is 4. The third-order valence-corrected chi connectivity index (χ3v) is 4.49. The van der Waals surface area contributed by atoms with Crippen LogP contribution in [0.2, 0.25) is 0 Å². The topological polar surface area (TPSA) is 215 Å². The Balaban J connectivity index is 5.20. The lowest BCUT2D eigenvalue weighted by Gasteiger charge is -2.24. The van der Waals surface area contributed by atoms with Gasteiger partial charge in [0.25, 0.3) is 0 Å². The Morgan fingerprint density at radius 2 is 1.45 bits per heavy atom. The number of nitrogens with one attached hydrogen (secondary N) is 3. The van der Waals surface area contributed by atoms with Crippen LogP contribution in [0.4, 0.5) is 0 Å².